The predicted octanol–water partition coefficient (Wildman–Crippen LogP) is 2.13. The molecule has 0 fully saturated rings. The van der Waals surface area contributed by atoms with E-state index in [-0.39, 0.29) is 0 Å². The predicted molar refractivity (Wildman–Crippen MR) is 37.8 cm³/mol. The molecule has 0 saturated carbocycles. The lowest BCUT2D eigenvalue weighted by atomic mass is 10.1. The van der Waals surface area contributed by atoms with Gasteiger partial charge in [-0.2, -0.15) is 12.6 Å². The van der Waals surface area contributed by atoms with Crippen LogP contribution >= 0.6 is 12.6 Å². The third-order valence-electron chi connectivity index (χ3n) is 0.925. The molecule has 0 bridgehead atoms. The number of hydrogen-bond donors (Lipinski definition) is 1. The van der Waals surface area contributed by atoms with Crippen LogP contribution in [0, 0.1) is 5.92 Å². The lowest BCUT2D eigenvalue weighted by molar-refractivity contribution is 0.682. The lowest BCUT2D eigenvalue weighted by Crippen LogP contribution is -2.01. The smallest absolute Gasteiger partial charge is 0.0217 e. The second-order valence-electron chi connectivity index (χ2n) is 1.97. The van der Waals surface area contributed by atoms with E-state index >= 15 is 0 Å². The van der Waals surface area contributed by atoms with E-state index in [1.165, 1.54) is 0 Å². The molecule has 0 nitrogen and oxygen atoms in total. The average molecular weight is 116 g/mol. The Morgan fingerprint density at radius 1 is 1.57 bits per heavy atom. The van der Waals surface area contributed by atoms with Crippen molar-refractivity contribution in [1.82, 2.24) is 0 Å². The summed E-state index contributed by atoms with van der Waals surface area (Å²) in [7, 11) is 0. The minimum absolute atomic E-state index is 0.361. The van der Waals surface area contributed by atoms with E-state index in [9.17, 15) is 0 Å². The van der Waals surface area contributed by atoms with Crippen LogP contribution in [0.25, 0.3) is 0 Å². The number of hydrogen-bond acceptors (Lipinski definition) is 1. The first-order valence-corrected chi connectivity index (χ1v) is 3.00. The van der Waals surface area contributed by atoms with Crippen molar-refractivity contribution in [1.29, 1.82) is 0 Å². The Morgan fingerprint density at radius 3 is 2.00 bits per heavy atom. The molecule has 0 aromatic carbocycles. The van der Waals surface area contributed by atoms with Gasteiger partial charge in [0.25, 0.3) is 0 Å². The molecule has 0 rings (SSSR count). The van der Waals surface area contributed by atoms with Gasteiger partial charge in [-0.3, -0.25) is 0 Å². The van der Waals surface area contributed by atoms with Gasteiger partial charge in [0.2, 0.25) is 0 Å². The summed E-state index contributed by atoms with van der Waals surface area (Å²) >= 11 is 4.21. The van der Waals surface area contributed by atoms with E-state index in [1.54, 1.807) is 0 Å². The molecule has 1 unspecified atom stereocenters. The fourth-order valence-corrected chi connectivity index (χ4v) is 0.272. The van der Waals surface area contributed by atoms with Crippen LogP contribution in [-0.4, -0.2) is 5.25 Å². The van der Waals surface area contributed by atoms with Crippen molar-refractivity contribution in [2.45, 2.75) is 19.1 Å². The zero-order chi connectivity index (χ0) is 5.86. The largest absolute Gasteiger partial charge is 0.171 e. The molecule has 1 heteroatoms. The molecule has 0 aliphatic carbocycles. The third-order valence-corrected chi connectivity index (χ3v) is 1.73. The van der Waals surface area contributed by atoms with Crippen molar-refractivity contribution >= 4 is 12.6 Å². The summed E-state index contributed by atoms with van der Waals surface area (Å²) in [5, 5.41) is 0.361. The minimum Gasteiger partial charge on any atom is -0.171 e. The third kappa shape index (κ3) is 2.75. The van der Waals surface area contributed by atoms with Gasteiger partial charge in [0, 0.05) is 5.25 Å². The fourth-order valence-electron chi connectivity index (χ4n) is 0.272. The first kappa shape index (κ1) is 7.09. The molecule has 42 valence electrons. The van der Waals surface area contributed by atoms with Crippen molar-refractivity contribution < 1.29 is 0 Å². The van der Waals surface area contributed by atoms with Crippen LogP contribution in [0.4, 0.5) is 0 Å². The molecule has 0 spiro atoms. The highest BCUT2D eigenvalue weighted by Crippen LogP contribution is 2.07. The van der Waals surface area contributed by atoms with Crippen LogP contribution in [-0.2, 0) is 0 Å². The summed E-state index contributed by atoms with van der Waals surface area (Å²) in [4.78, 5) is 0. The molecule has 0 aliphatic heterocycles. The van der Waals surface area contributed by atoms with Gasteiger partial charge in [-0.15, -0.1) is 6.58 Å². The zero-order valence-electron chi connectivity index (χ0n) is 4.89. The van der Waals surface area contributed by atoms with E-state index in [0.717, 1.165) is 0 Å². The van der Waals surface area contributed by atoms with Crippen LogP contribution in [0.1, 0.15) is 13.8 Å². The maximum Gasteiger partial charge on any atom is 0.0217 e. The number of rotatable bonds is 2. The highest BCUT2D eigenvalue weighted by Gasteiger charge is 1.99. The molecule has 0 saturated heterocycles. The quantitative estimate of drug-likeness (QED) is 0.414. The van der Waals surface area contributed by atoms with Gasteiger partial charge in [-0.25, -0.2) is 0 Å². The molecule has 1 atom stereocenters. The van der Waals surface area contributed by atoms with E-state index in [0.29, 0.717) is 11.2 Å². The van der Waals surface area contributed by atoms with Crippen LogP contribution < -0.4 is 0 Å². The Labute approximate surface area is 51.0 Å². The van der Waals surface area contributed by atoms with Gasteiger partial charge in [0.15, 0.2) is 0 Å². The van der Waals surface area contributed by atoms with Crippen LogP contribution in [0.5, 0.6) is 0 Å². The average Bonchev–Trinajstić information content (AvgIpc) is 1.65. The Balaban J connectivity index is 3.33. The summed E-state index contributed by atoms with van der Waals surface area (Å²) in [6.45, 7) is 7.85. The summed E-state index contributed by atoms with van der Waals surface area (Å²) in [5.41, 5.74) is 0. The first-order valence-electron chi connectivity index (χ1n) is 2.49. The molecule has 0 radical (unpaired) electrons. The molecule has 0 aromatic heterocycles. The van der Waals surface area contributed by atoms with Crippen molar-refractivity contribution in [3.8, 4) is 0 Å². The van der Waals surface area contributed by atoms with Gasteiger partial charge < -0.3 is 0 Å². The summed E-state index contributed by atoms with van der Waals surface area (Å²) in [5.74, 6) is 0.612. The molecule has 0 aliphatic rings. The van der Waals surface area contributed by atoms with Crippen LogP contribution in [0.3, 0.4) is 0 Å². The Hall–Kier alpha value is 0.0900. The Kier molecular flexibility index (Phi) is 3.18. The van der Waals surface area contributed by atoms with Gasteiger partial charge in [-0.05, 0) is 5.92 Å². The Morgan fingerprint density at radius 2 is 2.00 bits per heavy atom. The van der Waals surface area contributed by atoms with Crippen LogP contribution in [0.2, 0.25) is 0 Å². The molecule has 0 N–H and O–H groups in total. The fraction of sp³-hybridized carbons (Fsp3) is 0.667. The minimum atomic E-state index is 0.361. The second-order valence-corrected chi connectivity index (χ2v) is 2.57. The molecule has 0 amide bonds. The van der Waals surface area contributed by atoms with Crippen LogP contribution in [0.15, 0.2) is 12.7 Å². The number of thiol groups is 1. The van der Waals surface area contributed by atoms with Gasteiger partial charge in [0.1, 0.15) is 0 Å². The summed E-state index contributed by atoms with van der Waals surface area (Å²) in [6.07, 6.45) is 1.85. The first-order chi connectivity index (χ1) is 3.18. The van der Waals surface area contributed by atoms with Gasteiger partial charge in [0.05, 0.1) is 0 Å². The highest BCUT2D eigenvalue weighted by atomic mass is 32.1. The lowest BCUT2D eigenvalue weighted by Gasteiger charge is -2.06. The van der Waals surface area contributed by atoms with Crippen molar-refractivity contribution in [3.05, 3.63) is 12.7 Å². The molecule has 0 heterocycles. The van der Waals surface area contributed by atoms with Gasteiger partial charge >= 0.3 is 0 Å². The monoisotopic (exact) mass is 116 g/mol. The standard InChI is InChI=1S/C6H12S/c1-4-6(7)5(2)3/h4-7H,1H2,2-3H3. The SMILES string of the molecule is C=CC(S)C(C)C. The van der Waals surface area contributed by atoms with Gasteiger partial charge in [-0.1, -0.05) is 19.9 Å². The maximum atomic E-state index is 4.21. The van der Waals surface area contributed by atoms with Crippen molar-refractivity contribution in [3.63, 3.8) is 0 Å². The Bertz CT molecular complexity index is 57.2. The molecular weight excluding hydrogens is 104 g/mol. The molecule has 7 heavy (non-hydrogen) atoms. The van der Waals surface area contributed by atoms with Crippen molar-refractivity contribution in [2.75, 3.05) is 0 Å². The normalized spacial score (nSPS) is 14.3. The zero-order valence-corrected chi connectivity index (χ0v) is 5.78. The second kappa shape index (κ2) is 3.14. The van der Waals surface area contributed by atoms with E-state index in [1.807, 2.05) is 6.08 Å². The molecule has 0 aromatic rings. The van der Waals surface area contributed by atoms with E-state index in [2.05, 4.69) is 33.1 Å². The topological polar surface area (TPSA) is 0 Å². The maximum absolute atomic E-state index is 4.21. The summed E-state index contributed by atoms with van der Waals surface area (Å²) in [6, 6.07) is 0. The summed E-state index contributed by atoms with van der Waals surface area (Å²) < 4.78 is 0. The highest BCUT2D eigenvalue weighted by molar-refractivity contribution is 7.81. The van der Waals surface area contributed by atoms with E-state index < -0.39 is 0 Å². The van der Waals surface area contributed by atoms with Crippen molar-refractivity contribution in [2.24, 2.45) is 5.92 Å². The molecular formula is C6H12S. The van der Waals surface area contributed by atoms with E-state index in [4.69, 9.17) is 0 Å².